The summed E-state index contributed by atoms with van der Waals surface area (Å²) in [5.41, 5.74) is 3.03. The predicted octanol–water partition coefficient (Wildman–Crippen LogP) is 3.78. The number of aryl methyl sites for hydroxylation is 1. The van der Waals surface area contributed by atoms with Gasteiger partial charge in [0.1, 0.15) is 17.7 Å². The second-order valence-electron chi connectivity index (χ2n) is 8.00. The van der Waals surface area contributed by atoms with Gasteiger partial charge in [-0.05, 0) is 54.2 Å². The zero-order chi connectivity index (χ0) is 17.6. The van der Waals surface area contributed by atoms with Gasteiger partial charge in [0.15, 0.2) is 0 Å². The van der Waals surface area contributed by atoms with Crippen molar-refractivity contribution in [3.63, 3.8) is 0 Å². The van der Waals surface area contributed by atoms with Crippen LogP contribution < -0.4 is 4.74 Å². The van der Waals surface area contributed by atoms with Crippen LogP contribution in [-0.2, 0) is 11.2 Å². The molecule has 2 unspecified atom stereocenters. The summed E-state index contributed by atoms with van der Waals surface area (Å²) in [6, 6.07) is 15.1. The molecule has 2 aliphatic heterocycles. The summed E-state index contributed by atoms with van der Waals surface area (Å²) in [6.07, 6.45) is 3.46. The molecule has 2 aromatic carbocycles. The quantitative estimate of drug-likeness (QED) is 0.835. The third-order valence-corrected chi connectivity index (χ3v) is 6.05. The first-order chi connectivity index (χ1) is 12.7. The van der Waals surface area contributed by atoms with Gasteiger partial charge in [-0.3, -0.25) is 4.90 Å². The fourth-order valence-electron chi connectivity index (χ4n) is 4.85. The molecule has 5 rings (SSSR count). The van der Waals surface area contributed by atoms with Gasteiger partial charge in [0.2, 0.25) is 0 Å². The van der Waals surface area contributed by atoms with Gasteiger partial charge in [0, 0.05) is 26.1 Å². The fourth-order valence-corrected chi connectivity index (χ4v) is 4.85. The summed E-state index contributed by atoms with van der Waals surface area (Å²) < 4.78 is 25.1. The molecule has 136 valence electrons. The predicted molar refractivity (Wildman–Crippen MR) is 98.1 cm³/mol. The van der Waals surface area contributed by atoms with Crippen LogP contribution in [0.25, 0.3) is 0 Å². The standard InChI is InChI=1S/C22H24FNO2/c23-18-7-9-19(10-8-18)26-20-11-22(25-13-20)14-24(15-22)12-17-6-5-16-3-1-2-4-21(16)17/h1-4,7-10,17,20H,5-6,11-15H2. The molecule has 0 radical (unpaired) electrons. The first-order valence-electron chi connectivity index (χ1n) is 9.55. The van der Waals surface area contributed by atoms with Gasteiger partial charge in [-0.25, -0.2) is 4.39 Å². The maximum atomic E-state index is 13.0. The van der Waals surface area contributed by atoms with E-state index in [1.807, 2.05) is 0 Å². The van der Waals surface area contributed by atoms with Crippen molar-refractivity contribution in [1.82, 2.24) is 4.90 Å². The molecule has 2 heterocycles. The Morgan fingerprint density at radius 2 is 1.92 bits per heavy atom. The van der Waals surface area contributed by atoms with Crippen molar-refractivity contribution in [2.75, 3.05) is 26.2 Å². The second-order valence-corrected chi connectivity index (χ2v) is 8.00. The van der Waals surface area contributed by atoms with Gasteiger partial charge in [0.05, 0.1) is 12.2 Å². The molecule has 0 aromatic heterocycles. The van der Waals surface area contributed by atoms with E-state index in [1.165, 1.54) is 30.5 Å². The van der Waals surface area contributed by atoms with Crippen LogP contribution in [0, 0.1) is 5.82 Å². The van der Waals surface area contributed by atoms with Crippen molar-refractivity contribution in [1.29, 1.82) is 0 Å². The SMILES string of the molecule is Fc1ccc(OC2COC3(C2)CN(CC2CCc4ccccc42)C3)cc1. The van der Waals surface area contributed by atoms with Gasteiger partial charge in [-0.1, -0.05) is 24.3 Å². The minimum absolute atomic E-state index is 0.0389. The maximum Gasteiger partial charge on any atom is 0.125 e. The van der Waals surface area contributed by atoms with E-state index in [4.69, 9.17) is 9.47 Å². The highest BCUT2D eigenvalue weighted by Crippen LogP contribution is 2.40. The molecule has 1 aliphatic carbocycles. The van der Waals surface area contributed by atoms with E-state index in [9.17, 15) is 4.39 Å². The van der Waals surface area contributed by atoms with Gasteiger partial charge in [0.25, 0.3) is 0 Å². The maximum absolute atomic E-state index is 13.0. The van der Waals surface area contributed by atoms with Crippen molar-refractivity contribution in [2.45, 2.75) is 36.9 Å². The van der Waals surface area contributed by atoms with E-state index < -0.39 is 0 Å². The average molecular weight is 353 g/mol. The normalized spacial score (nSPS) is 26.7. The molecule has 26 heavy (non-hydrogen) atoms. The largest absolute Gasteiger partial charge is 0.488 e. The monoisotopic (exact) mass is 353 g/mol. The Bertz CT molecular complexity index is 785. The summed E-state index contributed by atoms with van der Waals surface area (Å²) in [4.78, 5) is 2.52. The van der Waals surface area contributed by atoms with Crippen LogP contribution in [0.5, 0.6) is 5.75 Å². The molecule has 0 amide bonds. The smallest absolute Gasteiger partial charge is 0.125 e. The number of ether oxygens (including phenoxy) is 2. The van der Waals surface area contributed by atoms with Gasteiger partial charge in [-0.15, -0.1) is 0 Å². The molecule has 2 aromatic rings. The van der Waals surface area contributed by atoms with Crippen LogP contribution in [0.3, 0.4) is 0 Å². The van der Waals surface area contributed by atoms with E-state index in [1.54, 1.807) is 17.7 Å². The number of nitrogens with zero attached hydrogens (tertiary/aromatic N) is 1. The van der Waals surface area contributed by atoms with Crippen LogP contribution >= 0.6 is 0 Å². The highest BCUT2D eigenvalue weighted by molar-refractivity contribution is 5.35. The topological polar surface area (TPSA) is 21.7 Å². The average Bonchev–Trinajstić information content (AvgIpc) is 3.22. The summed E-state index contributed by atoms with van der Waals surface area (Å²) in [5, 5.41) is 0. The van der Waals surface area contributed by atoms with E-state index >= 15 is 0 Å². The molecule has 0 bridgehead atoms. The highest BCUT2D eigenvalue weighted by atomic mass is 19.1. The third-order valence-electron chi connectivity index (χ3n) is 6.05. The Hall–Kier alpha value is -1.91. The lowest BCUT2D eigenvalue weighted by Crippen LogP contribution is -2.62. The van der Waals surface area contributed by atoms with Crippen LogP contribution in [0.15, 0.2) is 48.5 Å². The Balaban J connectivity index is 1.14. The number of halogens is 1. The van der Waals surface area contributed by atoms with Crippen LogP contribution in [-0.4, -0.2) is 42.8 Å². The third kappa shape index (κ3) is 3.01. The van der Waals surface area contributed by atoms with Crippen LogP contribution in [0.4, 0.5) is 4.39 Å². The van der Waals surface area contributed by atoms with E-state index in [0.717, 1.165) is 31.8 Å². The fraction of sp³-hybridized carbons (Fsp3) is 0.455. The van der Waals surface area contributed by atoms with Crippen LogP contribution in [0.2, 0.25) is 0 Å². The Morgan fingerprint density at radius 1 is 1.12 bits per heavy atom. The molecule has 0 saturated carbocycles. The van der Waals surface area contributed by atoms with Gasteiger partial charge in [-0.2, -0.15) is 0 Å². The van der Waals surface area contributed by atoms with Crippen molar-refractivity contribution >= 4 is 0 Å². The number of fused-ring (bicyclic) bond motifs is 1. The van der Waals surface area contributed by atoms with Crippen molar-refractivity contribution in [3.05, 3.63) is 65.5 Å². The van der Waals surface area contributed by atoms with E-state index in [0.29, 0.717) is 12.5 Å². The lowest BCUT2D eigenvalue weighted by atomic mass is 9.88. The lowest BCUT2D eigenvalue weighted by Gasteiger charge is -2.48. The Morgan fingerprint density at radius 3 is 2.77 bits per heavy atom. The first-order valence-corrected chi connectivity index (χ1v) is 9.55. The number of rotatable bonds is 4. The van der Waals surface area contributed by atoms with Gasteiger partial charge >= 0.3 is 0 Å². The zero-order valence-electron chi connectivity index (χ0n) is 14.9. The van der Waals surface area contributed by atoms with Crippen molar-refractivity contribution in [2.24, 2.45) is 0 Å². The van der Waals surface area contributed by atoms with E-state index in [2.05, 4.69) is 29.2 Å². The Kier molecular flexibility index (Phi) is 3.98. The first kappa shape index (κ1) is 16.3. The van der Waals surface area contributed by atoms with Crippen molar-refractivity contribution in [3.8, 4) is 5.75 Å². The number of likely N-dealkylation sites (tertiary alicyclic amines) is 1. The molecule has 2 saturated heterocycles. The van der Waals surface area contributed by atoms with Gasteiger partial charge < -0.3 is 9.47 Å². The van der Waals surface area contributed by atoms with E-state index in [-0.39, 0.29) is 17.5 Å². The molecular formula is C22H24FNO2. The second kappa shape index (κ2) is 6.36. The highest BCUT2D eigenvalue weighted by Gasteiger charge is 2.50. The molecule has 1 spiro atoms. The molecule has 4 heteroatoms. The Labute approximate surface area is 153 Å². The molecule has 2 atom stereocenters. The lowest BCUT2D eigenvalue weighted by molar-refractivity contribution is -0.112. The molecule has 2 fully saturated rings. The minimum atomic E-state index is -0.236. The summed E-state index contributed by atoms with van der Waals surface area (Å²) in [7, 11) is 0. The molecule has 3 nitrogen and oxygen atoms in total. The summed E-state index contributed by atoms with van der Waals surface area (Å²) >= 11 is 0. The zero-order valence-corrected chi connectivity index (χ0v) is 14.9. The molecule has 3 aliphatic rings. The molecular weight excluding hydrogens is 329 g/mol. The minimum Gasteiger partial charge on any atom is -0.488 e. The summed E-state index contributed by atoms with van der Waals surface area (Å²) in [6.45, 7) is 3.74. The number of hydrogen-bond acceptors (Lipinski definition) is 3. The van der Waals surface area contributed by atoms with Crippen molar-refractivity contribution < 1.29 is 13.9 Å². The molecule has 0 N–H and O–H groups in total. The number of hydrogen-bond donors (Lipinski definition) is 0. The number of benzene rings is 2. The summed E-state index contributed by atoms with van der Waals surface area (Å²) in [5.74, 6) is 1.15. The van der Waals surface area contributed by atoms with Crippen LogP contribution in [0.1, 0.15) is 29.9 Å².